The van der Waals surface area contributed by atoms with Crippen molar-refractivity contribution in [2.24, 2.45) is 0 Å². The summed E-state index contributed by atoms with van der Waals surface area (Å²) in [6.45, 7) is 1.14. The third kappa shape index (κ3) is 4.62. The van der Waals surface area contributed by atoms with Crippen molar-refractivity contribution >= 4 is 39.2 Å². The Bertz CT molecular complexity index is 922. The lowest BCUT2D eigenvalue weighted by atomic mass is 10.2. The highest BCUT2D eigenvalue weighted by molar-refractivity contribution is 7.89. The van der Waals surface area contributed by atoms with Gasteiger partial charge in [-0.3, -0.25) is 0 Å². The zero-order chi connectivity index (χ0) is 19.4. The molecule has 1 aliphatic heterocycles. The van der Waals surface area contributed by atoms with Crippen LogP contribution in [0.1, 0.15) is 15.9 Å². The predicted octanol–water partition coefficient (Wildman–Crippen LogP) is 3.37. The molecule has 0 aliphatic carbocycles. The van der Waals surface area contributed by atoms with E-state index in [1.165, 1.54) is 28.6 Å². The first-order chi connectivity index (χ1) is 12.9. The number of morpholine rings is 1. The average molecular weight is 430 g/mol. The van der Waals surface area contributed by atoms with E-state index in [1.54, 1.807) is 18.2 Å². The fourth-order valence-corrected chi connectivity index (χ4v) is 4.57. The quantitative estimate of drug-likeness (QED) is 0.681. The topological polar surface area (TPSA) is 72.9 Å². The van der Waals surface area contributed by atoms with Crippen molar-refractivity contribution in [3.8, 4) is 0 Å². The van der Waals surface area contributed by atoms with E-state index in [-0.39, 0.29) is 30.2 Å². The average Bonchev–Trinajstić information content (AvgIpc) is 2.68. The largest absolute Gasteiger partial charge is 0.457 e. The Kier molecular flexibility index (Phi) is 6.39. The highest BCUT2D eigenvalue weighted by atomic mass is 35.5. The molecule has 0 aromatic heterocycles. The molecule has 0 unspecified atom stereocenters. The molecule has 0 atom stereocenters. The van der Waals surface area contributed by atoms with Gasteiger partial charge < -0.3 is 9.47 Å². The van der Waals surface area contributed by atoms with Gasteiger partial charge in [-0.15, -0.1) is 0 Å². The maximum Gasteiger partial charge on any atom is 0.338 e. The minimum atomic E-state index is -3.70. The summed E-state index contributed by atoms with van der Waals surface area (Å²) < 4.78 is 37.2. The number of benzene rings is 2. The Hall–Kier alpha value is -1.64. The lowest BCUT2D eigenvalue weighted by Gasteiger charge is -2.26. The molecule has 144 valence electrons. The van der Waals surface area contributed by atoms with Crippen molar-refractivity contribution in [3.63, 3.8) is 0 Å². The second-order valence-corrected chi connectivity index (χ2v) is 8.57. The Labute approximate surface area is 167 Å². The third-order valence-corrected chi connectivity index (χ3v) is 6.69. The molecule has 9 heteroatoms. The van der Waals surface area contributed by atoms with E-state index in [0.717, 1.165) is 0 Å². The summed E-state index contributed by atoms with van der Waals surface area (Å²) in [6.07, 6.45) is 0. The van der Waals surface area contributed by atoms with Crippen LogP contribution in [-0.4, -0.2) is 45.0 Å². The Balaban J connectivity index is 1.76. The third-order valence-electron chi connectivity index (χ3n) is 4.09. The summed E-state index contributed by atoms with van der Waals surface area (Å²) in [7, 11) is -3.70. The normalized spacial score (nSPS) is 15.5. The Morgan fingerprint density at radius 3 is 2.37 bits per heavy atom. The minimum absolute atomic E-state index is 0.0367. The fraction of sp³-hybridized carbons (Fsp3) is 0.278. The molecule has 6 nitrogen and oxygen atoms in total. The van der Waals surface area contributed by atoms with Gasteiger partial charge in [0.15, 0.2) is 0 Å². The van der Waals surface area contributed by atoms with Gasteiger partial charge in [-0.2, -0.15) is 4.31 Å². The van der Waals surface area contributed by atoms with Gasteiger partial charge in [-0.1, -0.05) is 35.3 Å². The lowest BCUT2D eigenvalue weighted by molar-refractivity contribution is 0.0472. The molecule has 27 heavy (non-hydrogen) atoms. The second kappa shape index (κ2) is 8.58. The molecule has 2 aromatic rings. The van der Waals surface area contributed by atoms with Gasteiger partial charge in [-0.05, 0) is 30.3 Å². The molecule has 2 aromatic carbocycles. The molecule has 3 rings (SSSR count). The van der Waals surface area contributed by atoms with Crippen LogP contribution >= 0.6 is 23.2 Å². The van der Waals surface area contributed by atoms with Gasteiger partial charge in [0.2, 0.25) is 10.0 Å². The maximum absolute atomic E-state index is 12.7. The van der Waals surface area contributed by atoms with Gasteiger partial charge >= 0.3 is 5.97 Å². The van der Waals surface area contributed by atoms with Gasteiger partial charge in [0, 0.05) is 28.7 Å². The van der Waals surface area contributed by atoms with E-state index in [2.05, 4.69) is 0 Å². The minimum Gasteiger partial charge on any atom is -0.457 e. The molecule has 1 fully saturated rings. The lowest BCUT2D eigenvalue weighted by Crippen LogP contribution is -2.40. The van der Waals surface area contributed by atoms with Gasteiger partial charge in [0.1, 0.15) is 6.61 Å². The van der Waals surface area contributed by atoms with Gasteiger partial charge in [-0.25, -0.2) is 13.2 Å². The molecule has 0 spiro atoms. The number of nitrogens with zero attached hydrogens (tertiary/aromatic N) is 1. The molecule has 1 aliphatic rings. The van der Waals surface area contributed by atoms with Crippen LogP contribution in [0.4, 0.5) is 0 Å². The van der Waals surface area contributed by atoms with E-state index in [1.807, 2.05) is 0 Å². The molecule has 0 saturated carbocycles. The number of rotatable bonds is 5. The van der Waals surface area contributed by atoms with Crippen molar-refractivity contribution in [2.45, 2.75) is 11.5 Å². The smallest absolute Gasteiger partial charge is 0.338 e. The highest BCUT2D eigenvalue weighted by Gasteiger charge is 2.27. The molecular weight excluding hydrogens is 413 g/mol. The van der Waals surface area contributed by atoms with Crippen molar-refractivity contribution in [1.29, 1.82) is 0 Å². The molecule has 1 heterocycles. The number of hydrogen-bond donors (Lipinski definition) is 0. The SMILES string of the molecule is O=C(OCc1c(Cl)cccc1Cl)c1cccc(S(=O)(=O)N2CCOCC2)c1. The van der Waals surface area contributed by atoms with E-state index in [9.17, 15) is 13.2 Å². The standard InChI is InChI=1S/C18H17Cl2NO5S/c19-16-5-2-6-17(20)15(16)12-26-18(22)13-3-1-4-14(11-13)27(23,24)21-7-9-25-10-8-21/h1-6,11H,7-10,12H2. The maximum atomic E-state index is 12.7. The summed E-state index contributed by atoms with van der Waals surface area (Å²) in [5, 5.41) is 0.776. The van der Waals surface area contributed by atoms with Crippen LogP contribution in [0.3, 0.4) is 0 Å². The number of sulfonamides is 1. The van der Waals surface area contributed by atoms with Crippen LogP contribution in [0.2, 0.25) is 10.0 Å². The number of carbonyl (C=O) groups excluding carboxylic acids is 1. The first-order valence-electron chi connectivity index (χ1n) is 8.17. The summed E-state index contributed by atoms with van der Waals surface area (Å²) in [5.74, 6) is -0.662. The van der Waals surface area contributed by atoms with Crippen LogP contribution in [0.25, 0.3) is 0 Å². The van der Waals surface area contributed by atoms with Gasteiger partial charge in [0.05, 0.1) is 23.7 Å². The van der Waals surface area contributed by atoms with Crippen molar-refractivity contribution in [1.82, 2.24) is 4.31 Å². The molecule has 1 saturated heterocycles. The number of halogens is 2. The molecule has 0 bridgehead atoms. The Morgan fingerprint density at radius 2 is 1.70 bits per heavy atom. The van der Waals surface area contributed by atoms with Gasteiger partial charge in [0.25, 0.3) is 0 Å². The van der Waals surface area contributed by atoms with E-state index in [4.69, 9.17) is 32.7 Å². The molecule has 0 N–H and O–H groups in total. The summed E-state index contributed by atoms with van der Waals surface area (Å²) in [6, 6.07) is 10.7. The zero-order valence-corrected chi connectivity index (χ0v) is 16.6. The molecule has 0 radical (unpaired) electrons. The summed E-state index contributed by atoms with van der Waals surface area (Å²) >= 11 is 12.1. The van der Waals surface area contributed by atoms with Crippen LogP contribution in [0.15, 0.2) is 47.4 Å². The first-order valence-corrected chi connectivity index (χ1v) is 10.4. The zero-order valence-electron chi connectivity index (χ0n) is 14.2. The van der Waals surface area contributed by atoms with E-state index in [0.29, 0.717) is 28.8 Å². The van der Waals surface area contributed by atoms with E-state index < -0.39 is 16.0 Å². The van der Waals surface area contributed by atoms with Crippen LogP contribution < -0.4 is 0 Å². The number of esters is 1. The number of carbonyl (C=O) groups is 1. The molecular formula is C18H17Cl2NO5S. The van der Waals surface area contributed by atoms with Crippen molar-refractivity contribution < 1.29 is 22.7 Å². The fourth-order valence-electron chi connectivity index (χ4n) is 2.61. The van der Waals surface area contributed by atoms with Crippen molar-refractivity contribution in [3.05, 3.63) is 63.6 Å². The van der Waals surface area contributed by atoms with Crippen molar-refractivity contribution in [2.75, 3.05) is 26.3 Å². The van der Waals surface area contributed by atoms with Crippen LogP contribution in [-0.2, 0) is 26.1 Å². The second-order valence-electron chi connectivity index (χ2n) is 5.82. The first kappa shape index (κ1) is 20.1. The number of hydrogen-bond acceptors (Lipinski definition) is 5. The predicted molar refractivity (Wildman–Crippen MR) is 102 cm³/mol. The van der Waals surface area contributed by atoms with Crippen LogP contribution in [0.5, 0.6) is 0 Å². The summed E-state index contributed by atoms with van der Waals surface area (Å²) in [5.41, 5.74) is 0.624. The number of ether oxygens (including phenoxy) is 2. The molecule has 0 amide bonds. The van der Waals surface area contributed by atoms with Crippen LogP contribution in [0, 0.1) is 0 Å². The summed E-state index contributed by atoms with van der Waals surface area (Å²) in [4.78, 5) is 12.4. The van der Waals surface area contributed by atoms with E-state index >= 15 is 0 Å². The highest BCUT2D eigenvalue weighted by Crippen LogP contribution is 2.25. The Morgan fingerprint density at radius 1 is 1.07 bits per heavy atom. The monoisotopic (exact) mass is 429 g/mol.